The van der Waals surface area contributed by atoms with E-state index in [1.54, 1.807) is 53.8 Å². The monoisotopic (exact) mass is 481 g/mol. The topological polar surface area (TPSA) is 120 Å². The van der Waals surface area contributed by atoms with Crippen LogP contribution in [-0.2, 0) is 22.6 Å². The number of rotatable bonds is 12. The van der Waals surface area contributed by atoms with Crippen LogP contribution in [0.15, 0.2) is 60.0 Å². The van der Waals surface area contributed by atoms with Crippen LogP contribution in [0, 0.1) is 0 Å². The van der Waals surface area contributed by atoms with Gasteiger partial charge in [0, 0.05) is 29.1 Å². The molecule has 0 spiro atoms. The number of primary amides is 1. The van der Waals surface area contributed by atoms with E-state index in [0.717, 1.165) is 18.4 Å². The van der Waals surface area contributed by atoms with Gasteiger partial charge in [0.1, 0.15) is 0 Å². The summed E-state index contributed by atoms with van der Waals surface area (Å²) in [6.07, 6.45) is 2.05. The maximum atomic E-state index is 12.6. The quantitative estimate of drug-likeness (QED) is 0.366. The fraction of sp³-hybridized carbons (Fsp3) is 0.240. The minimum absolute atomic E-state index is 0.0835. The molecule has 0 atom stereocenters. The average molecular weight is 482 g/mol. The third-order valence-corrected chi connectivity index (χ3v) is 5.80. The number of hydrogen-bond donors (Lipinski definition) is 3. The molecule has 0 unspecified atom stereocenters. The highest BCUT2D eigenvalue weighted by Gasteiger charge is 2.11. The Hall–Kier alpha value is -3.85. The Morgan fingerprint density at radius 3 is 2.62 bits per heavy atom. The highest BCUT2D eigenvalue weighted by Crippen LogP contribution is 2.28. The van der Waals surface area contributed by atoms with Crippen molar-refractivity contribution in [3.8, 4) is 11.5 Å². The number of methoxy groups -OCH3 is 1. The molecule has 1 aromatic heterocycles. The van der Waals surface area contributed by atoms with Gasteiger partial charge < -0.3 is 25.8 Å². The fourth-order valence-electron chi connectivity index (χ4n) is 3.21. The Morgan fingerprint density at radius 1 is 1.03 bits per heavy atom. The van der Waals surface area contributed by atoms with E-state index in [0.29, 0.717) is 29.2 Å². The molecule has 1 heterocycles. The van der Waals surface area contributed by atoms with Crippen molar-refractivity contribution in [1.82, 2.24) is 5.32 Å². The lowest BCUT2D eigenvalue weighted by atomic mass is 10.1. The van der Waals surface area contributed by atoms with Crippen LogP contribution in [0.2, 0.25) is 0 Å². The standard InChI is InChI=1S/C25H27N3O5S/c1-32-22-13-17(10-11-21(22)33-16-23(26)29)15-27-25(31)18-5-2-6-19(14-18)28-24(30)9-3-7-20-8-4-12-34-20/h2,4-6,8,10-14H,3,7,9,15-16H2,1H3,(H2,26,29)(H,27,31)(H,28,30). The first-order valence-corrected chi connectivity index (χ1v) is 11.6. The second-order valence-corrected chi connectivity index (χ2v) is 8.52. The van der Waals surface area contributed by atoms with Crippen molar-refractivity contribution in [3.05, 3.63) is 76.0 Å². The number of ether oxygens (including phenoxy) is 2. The van der Waals surface area contributed by atoms with Gasteiger partial charge in [-0.2, -0.15) is 0 Å². The lowest BCUT2D eigenvalue weighted by Gasteiger charge is -2.12. The number of nitrogens with two attached hydrogens (primary N) is 1. The molecule has 2 aromatic carbocycles. The molecule has 4 N–H and O–H groups in total. The minimum Gasteiger partial charge on any atom is -0.493 e. The van der Waals surface area contributed by atoms with Crippen LogP contribution in [0.25, 0.3) is 0 Å². The Kier molecular flexibility index (Phi) is 9.04. The largest absolute Gasteiger partial charge is 0.493 e. The summed E-state index contributed by atoms with van der Waals surface area (Å²) in [6, 6.07) is 16.0. The predicted octanol–water partition coefficient (Wildman–Crippen LogP) is 3.51. The van der Waals surface area contributed by atoms with Crippen LogP contribution < -0.4 is 25.8 Å². The van der Waals surface area contributed by atoms with Crippen molar-refractivity contribution in [3.63, 3.8) is 0 Å². The van der Waals surface area contributed by atoms with Gasteiger partial charge in [-0.1, -0.05) is 18.2 Å². The molecule has 0 radical (unpaired) electrons. The summed E-state index contributed by atoms with van der Waals surface area (Å²) in [4.78, 5) is 37.0. The summed E-state index contributed by atoms with van der Waals surface area (Å²) in [5.74, 6) is -0.135. The van der Waals surface area contributed by atoms with E-state index in [9.17, 15) is 14.4 Å². The molecule has 0 aliphatic heterocycles. The second-order valence-electron chi connectivity index (χ2n) is 7.48. The number of aryl methyl sites for hydroxylation is 1. The zero-order valence-corrected chi connectivity index (χ0v) is 19.7. The molecule has 0 fully saturated rings. The second kappa shape index (κ2) is 12.4. The van der Waals surface area contributed by atoms with Crippen molar-refractivity contribution in [2.45, 2.75) is 25.8 Å². The molecule has 3 aromatic rings. The zero-order chi connectivity index (χ0) is 24.3. The molecule has 8 nitrogen and oxygen atoms in total. The fourth-order valence-corrected chi connectivity index (χ4v) is 3.97. The number of nitrogens with one attached hydrogen (secondary N) is 2. The number of hydrogen-bond acceptors (Lipinski definition) is 6. The Bertz CT molecular complexity index is 1130. The molecule has 0 aliphatic carbocycles. The first kappa shape index (κ1) is 24.8. The maximum absolute atomic E-state index is 12.6. The van der Waals surface area contributed by atoms with E-state index in [4.69, 9.17) is 15.2 Å². The molecular weight excluding hydrogens is 454 g/mol. The van der Waals surface area contributed by atoms with Gasteiger partial charge in [0.2, 0.25) is 5.91 Å². The molecule has 0 saturated carbocycles. The summed E-state index contributed by atoms with van der Waals surface area (Å²) >= 11 is 1.69. The lowest BCUT2D eigenvalue weighted by Crippen LogP contribution is -2.23. The minimum atomic E-state index is -0.588. The van der Waals surface area contributed by atoms with Crippen molar-refractivity contribution < 1.29 is 23.9 Å². The third kappa shape index (κ3) is 7.63. The molecule has 3 amide bonds. The SMILES string of the molecule is COc1cc(CNC(=O)c2cccc(NC(=O)CCCc3cccs3)c2)ccc1OCC(N)=O. The van der Waals surface area contributed by atoms with Crippen LogP contribution in [-0.4, -0.2) is 31.4 Å². The van der Waals surface area contributed by atoms with E-state index in [1.807, 2.05) is 11.4 Å². The van der Waals surface area contributed by atoms with E-state index in [2.05, 4.69) is 16.7 Å². The van der Waals surface area contributed by atoms with Gasteiger partial charge in [-0.3, -0.25) is 14.4 Å². The van der Waals surface area contributed by atoms with Crippen molar-refractivity contribution in [2.24, 2.45) is 5.73 Å². The number of amides is 3. The Balaban J connectivity index is 1.51. The summed E-state index contributed by atoms with van der Waals surface area (Å²) < 4.78 is 10.6. The smallest absolute Gasteiger partial charge is 0.255 e. The van der Waals surface area contributed by atoms with Crippen molar-refractivity contribution >= 4 is 34.7 Å². The van der Waals surface area contributed by atoms with Crippen molar-refractivity contribution in [2.75, 3.05) is 19.0 Å². The number of benzene rings is 2. The van der Waals surface area contributed by atoms with E-state index in [-0.39, 0.29) is 25.0 Å². The number of carbonyl (C=O) groups is 3. The molecular formula is C25H27N3O5S. The number of anilines is 1. The molecule has 0 aliphatic rings. The van der Waals surface area contributed by atoms with Gasteiger partial charge in [-0.25, -0.2) is 0 Å². The Labute approximate surface area is 202 Å². The van der Waals surface area contributed by atoms with Gasteiger partial charge in [-0.15, -0.1) is 11.3 Å². The van der Waals surface area contributed by atoms with Crippen LogP contribution in [0.4, 0.5) is 5.69 Å². The van der Waals surface area contributed by atoms with Crippen molar-refractivity contribution in [1.29, 1.82) is 0 Å². The van der Waals surface area contributed by atoms with Crippen LogP contribution in [0.1, 0.15) is 33.6 Å². The Morgan fingerprint density at radius 2 is 1.88 bits per heavy atom. The summed E-state index contributed by atoms with van der Waals surface area (Å²) in [5.41, 5.74) is 6.89. The highest BCUT2D eigenvalue weighted by atomic mass is 32.1. The normalized spacial score (nSPS) is 10.4. The van der Waals surface area contributed by atoms with Gasteiger partial charge >= 0.3 is 0 Å². The molecule has 3 rings (SSSR count). The summed E-state index contributed by atoms with van der Waals surface area (Å²) in [5, 5.41) is 7.73. The molecule has 0 saturated heterocycles. The van der Waals surface area contributed by atoms with E-state index >= 15 is 0 Å². The zero-order valence-electron chi connectivity index (χ0n) is 18.8. The highest BCUT2D eigenvalue weighted by molar-refractivity contribution is 7.09. The van der Waals surface area contributed by atoms with E-state index < -0.39 is 5.91 Å². The lowest BCUT2D eigenvalue weighted by molar-refractivity contribution is -0.120. The van der Waals surface area contributed by atoms with Gasteiger partial charge in [0.25, 0.3) is 11.8 Å². The molecule has 178 valence electrons. The van der Waals surface area contributed by atoms with Crippen LogP contribution in [0.3, 0.4) is 0 Å². The van der Waals surface area contributed by atoms with Gasteiger partial charge in [0.05, 0.1) is 7.11 Å². The molecule has 0 bridgehead atoms. The average Bonchev–Trinajstić information content (AvgIpc) is 3.35. The number of thiophene rings is 1. The number of carbonyl (C=O) groups excluding carboxylic acids is 3. The third-order valence-electron chi connectivity index (χ3n) is 4.87. The first-order chi connectivity index (χ1) is 16.4. The van der Waals surface area contributed by atoms with Gasteiger partial charge in [0.15, 0.2) is 18.1 Å². The van der Waals surface area contributed by atoms with Crippen LogP contribution in [0.5, 0.6) is 11.5 Å². The molecule has 34 heavy (non-hydrogen) atoms. The maximum Gasteiger partial charge on any atom is 0.255 e. The predicted molar refractivity (Wildman–Crippen MR) is 131 cm³/mol. The van der Waals surface area contributed by atoms with Crippen LogP contribution >= 0.6 is 11.3 Å². The summed E-state index contributed by atoms with van der Waals surface area (Å²) in [6.45, 7) is -0.00143. The van der Waals surface area contributed by atoms with E-state index in [1.165, 1.54) is 12.0 Å². The summed E-state index contributed by atoms with van der Waals surface area (Å²) in [7, 11) is 1.48. The molecule has 9 heteroatoms. The van der Waals surface area contributed by atoms with Gasteiger partial charge in [-0.05, 0) is 60.2 Å². The first-order valence-electron chi connectivity index (χ1n) is 10.7.